The molecule has 3 rings (SSSR count). The second-order valence-electron chi connectivity index (χ2n) is 5.65. The van der Waals surface area contributed by atoms with Gasteiger partial charge in [0.1, 0.15) is 5.82 Å². The lowest BCUT2D eigenvalue weighted by molar-refractivity contribution is 0.0658. The molecule has 0 aliphatic carbocycles. The van der Waals surface area contributed by atoms with Crippen LogP contribution in [0.2, 0.25) is 0 Å². The molecule has 3 aromatic rings. The molecule has 0 radical (unpaired) electrons. The first-order valence-corrected chi connectivity index (χ1v) is 9.26. The molecule has 0 N–H and O–H groups in total. The maximum Gasteiger partial charge on any atom is 0.319 e. The highest BCUT2D eigenvalue weighted by molar-refractivity contribution is 7.89. The van der Waals surface area contributed by atoms with Crippen LogP contribution in [0.15, 0.2) is 71.9 Å². The van der Waals surface area contributed by atoms with E-state index in [1.165, 1.54) is 19.3 Å². The first-order valence-electron chi connectivity index (χ1n) is 7.82. The van der Waals surface area contributed by atoms with Gasteiger partial charge in [-0.2, -0.15) is 13.1 Å². The lowest BCUT2D eigenvalue weighted by Gasteiger charge is -2.19. The van der Waals surface area contributed by atoms with Crippen molar-refractivity contribution in [1.29, 1.82) is 0 Å². The molecule has 1 aromatic heterocycles. The fourth-order valence-electron chi connectivity index (χ4n) is 2.64. The number of rotatable bonds is 6. The van der Waals surface area contributed by atoms with Gasteiger partial charge in [-0.3, -0.25) is 4.57 Å². The van der Waals surface area contributed by atoms with Crippen molar-refractivity contribution < 1.29 is 17.2 Å². The second kappa shape index (κ2) is 7.35. The van der Waals surface area contributed by atoms with Crippen LogP contribution in [0.3, 0.4) is 0 Å². The van der Waals surface area contributed by atoms with Gasteiger partial charge in [0, 0.05) is 25.0 Å². The molecule has 0 saturated carbocycles. The monoisotopic (exact) mass is 377 g/mol. The van der Waals surface area contributed by atoms with Crippen LogP contribution in [0.25, 0.3) is 11.1 Å². The predicted octanol–water partition coefficient (Wildman–Crippen LogP) is 3.77. The van der Waals surface area contributed by atoms with E-state index in [0.717, 1.165) is 16.1 Å². The number of benzene rings is 2. The van der Waals surface area contributed by atoms with E-state index in [1.54, 1.807) is 18.2 Å². The Kier molecular flexibility index (Phi) is 5.15. The maximum absolute atomic E-state index is 13.0. The molecule has 0 aliphatic heterocycles. The largest absolute Gasteiger partial charge is 0.319 e. The zero-order chi connectivity index (χ0) is 18.7. The van der Waals surface area contributed by atoms with Crippen LogP contribution in [0.4, 0.5) is 8.78 Å². The molecule has 0 aliphatic rings. The summed E-state index contributed by atoms with van der Waals surface area (Å²) in [5.74, 6) is -0.0248. The average molecular weight is 377 g/mol. The van der Waals surface area contributed by atoms with Gasteiger partial charge in [-0.05, 0) is 11.6 Å². The van der Waals surface area contributed by atoms with Gasteiger partial charge < -0.3 is 0 Å². The van der Waals surface area contributed by atoms with Gasteiger partial charge in [-0.25, -0.2) is 13.4 Å². The molecule has 1 heterocycles. The molecule has 8 heteroatoms. The van der Waals surface area contributed by atoms with Crippen LogP contribution < -0.4 is 0 Å². The van der Waals surface area contributed by atoms with Crippen molar-refractivity contribution in [3.63, 3.8) is 0 Å². The number of nitrogens with zero attached hydrogens (tertiary/aromatic N) is 3. The highest BCUT2D eigenvalue weighted by Crippen LogP contribution is 2.29. The molecular weight excluding hydrogens is 360 g/mol. The van der Waals surface area contributed by atoms with Gasteiger partial charge in [0.15, 0.2) is 0 Å². The van der Waals surface area contributed by atoms with Gasteiger partial charge >= 0.3 is 6.55 Å². The average Bonchev–Trinajstić information content (AvgIpc) is 3.11. The van der Waals surface area contributed by atoms with E-state index in [2.05, 4.69) is 4.98 Å². The Morgan fingerprint density at radius 1 is 1.08 bits per heavy atom. The molecule has 2 aromatic carbocycles. The third-order valence-corrected chi connectivity index (χ3v) is 5.84. The zero-order valence-corrected chi connectivity index (χ0v) is 14.8. The Balaban J connectivity index is 1.97. The smallest absolute Gasteiger partial charge is 0.277 e. The molecule has 0 fully saturated rings. The summed E-state index contributed by atoms with van der Waals surface area (Å²) in [6.07, 6.45) is 2.35. The first kappa shape index (κ1) is 18.2. The summed E-state index contributed by atoms with van der Waals surface area (Å²) in [5.41, 5.74) is 1.31. The Morgan fingerprint density at radius 3 is 2.42 bits per heavy atom. The molecule has 5 nitrogen and oxygen atoms in total. The summed E-state index contributed by atoms with van der Waals surface area (Å²) < 4.78 is 53.7. The van der Waals surface area contributed by atoms with Crippen molar-refractivity contribution in [2.45, 2.75) is 18.0 Å². The van der Waals surface area contributed by atoms with Crippen LogP contribution in [0.1, 0.15) is 12.4 Å². The van der Waals surface area contributed by atoms with E-state index in [-0.39, 0.29) is 17.3 Å². The minimum absolute atomic E-state index is 0.0248. The Labute approximate surface area is 150 Å². The van der Waals surface area contributed by atoms with Crippen LogP contribution >= 0.6 is 0 Å². The van der Waals surface area contributed by atoms with E-state index >= 15 is 0 Å². The first-order chi connectivity index (χ1) is 12.4. The van der Waals surface area contributed by atoms with Crippen molar-refractivity contribution in [3.05, 3.63) is 72.8 Å². The molecule has 0 unspecified atom stereocenters. The van der Waals surface area contributed by atoms with Gasteiger partial charge in [-0.1, -0.05) is 48.5 Å². The van der Waals surface area contributed by atoms with Gasteiger partial charge in [-0.15, -0.1) is 0 Å². The van der Waals surface area contributed by atoms with Gasteiger partial charge in [0.05, 0.1) is 11.4 Å². The Bertz CT molecular complexity index is 988. The Hall–Kier alpha value is -2.58. The molecule has 0 spiro atoms. The highest BCUT2D eigenvalue weighted by atomic mass is 32.2. The van der Waals surface area contributed by atoms with E-state index < -0.39 is 16.6 Å². The van der Waals surface area contributed by atoms with Crippen molar-refractivity contribution in [3.8, 4) is 11.1 Å². The number of hydrogen-bond donors (Lipinski definition) is 0. The van der Waals surface area contributed by atoms with Gasteiger partial charge in [0.2, 0.25) is 10.0 Å². The third kappa shape index (κ3) is 3.51. The van der Waals surface area contributed by atoms with Crippen molar-refractivity contribution >= 4 is 10.0 Å². The number of imidazole rings is 1. The molecule has 0 saturated heterocycles. The fourth-order valence-corrected chi connectivity index (χ4v) is 3.98. The minimum Gasteiger partial charge on any atom is -0.277 e. The Morgan fingerprint density at radius 2 is 1.73 bits per heavy atom. The molecule has 0 amide bonds. The topological polar surface area (TPSA) is 55.2 Å². The van der Waals surface area contributed by atoms with Crippen LogP contribution in [-0.2, 0) is 16.6 Å². The summed E-state index contributed by atoms with van der Waals surface area (Å²) in [6, 6.07) is 15.7. The van der Waals surface area contributed by atoms with E-state index in [4.69, 9.17) is 0 Å². The maximum atomic E-state index is 13.0. The molecule has 0 bridgehead atoms. The van der Waals surface area contributed by atoms with Crippen molar-refractivity contribution in [1.82, 2.24) is 13.9 Å². The SMILES string of the molecule is CN(Cc1nccn1C(F)F)S(=O)(=O)c1ccccc1-c1ccccc1. The second-order valence-corrected chi connectivity index (χ2v) is 7.66. The van der Waals surface area contributed by atoms with E-state index in [9.17, 15) is 17.2 Å². The highest BCUT2D eigenvalue weighted by Gasteiger charge is 2.26. The normalized spacial score (nSPS) is 12.0. The number of aromatic nitrogens is 2. The van der Waals surface area contributed by atoms with Crippen molar-refractivity contribution in [2.75, 3.05) is 7.05 Å². The quantitative estimate of drug-likeness (QED) is 0.657. The predicted molar refractivity (Wildman–Crippen MR) is 94.0 cm³/mol. The summed E-state index contributed by atoms with van der Waals surface area (Å²) in [7, 11) is -2.55. The zero-order valence-electron chi connectivity index (χ0n) is 14.0. The van der Waals surface area contributed by atoms with E-state index in [0.29, 0.717) is 10.1 Å². The van der Waals surface area contributed by atoms with Crippen LogP contribution in [0, 0.1) is 0 Å². The number of halogens is 2. The number of alkyl halides is 2. The summed E-state index contributed by atoms with van der Waals surface area (Å²) in [4.78, 5) is 3.96. The molecule has 26 heavy (non-hydrogen) atoms. The van der Waals surface area contributed by atoms with Crippen LogP contribution in [-0.4, -0.2) is 29.3 Å². The summed E-state index contributed by atoms with van der Waals surface area (Å²) >= 11 is 0. The van der Waals surface area contributed by atoms with Gasteiger partial charge in [0.25, 0.3) is 0 Å². The van der Waals surface area contributed by atoms with Crippen molar-refractivity contribution in [2.24, 2.45) is 0 Å². The van der Waals surface area contributed by atoms with E-state index in [1.807, 2.05) is 30.3 Å². The summed E-state index contributed by atoms with van der Waals surface area (Å²) in [5, 5.41) is 0. The molecule has 0 atom stereocenters. The summed E-state index contributed by atoms with van der Waals surface area (Å²) in [6.45, 7) is -3.04. The minimum atomic E-state index is -3.90. The van der Waals surface area contributed by atoms with Crippen LogP contribution in [0.5, 0.6) is 0 Å². The molecular formula is C18H17F2N3O2S. The standard InChI is InChI=1S/C18H17F2N3O2S/c1-22(13-17-21-11-12-23(17)18(19)20)26(24,25)16-10-6-5-9-15(16)14-7-3-2-4-8-14/h2-12,18H,13H2,1H3. The number of hydrogen-bond acceptors (Lipinski definition) is 3. The number of sulfonamides is 1. The molecule has 136 valence electrons. The lowest BCUT2D eigenvalue weighted by Crippen LogP contribution is -2.28. The lowest BCUT2D eigenvalue weighted by atomic mass is 10.1. The third-order valence-electron chi connectivity index (χ3n) is 3.98. The fraction of sp³-hybridized carbons (Fsp3) is 0.167.